The number of furan rings is 1. The summed E-state index contributed by atoms with van der Waals surface area (Å²) in [4.78, 5) is 25.6. The van der Waals surface area contributed by atoms with Gasteiger partial charge in [-0.1, -0.05) is 62.4 Å². The van der Waals surface area contributed by atoms with Crippen molar-refractivity contribution >= 4 is 22.8 Å². The van der Waals surface area contributed by atoms with Crippen molar-refractivity contribution < 1.29 is 23.5 Å². The van der Waals surface area contributed by atoms with E-state index >= 15 is 0 Å². The molecule has 2 atom stereocenters. The number of rotatable bonds is 9. The standard InChI is InChI=1S/C25H26N2O5/c1-17(2)13-21(32-24(29)22-14-19-11-7-8-12-20(19)31-22)23(28)27-25(3,16-26)30-15-18-9-5-4-6-10-18/h4-12,14,17,21H,13,15H2,1-3H3,(H,27,28). The maximum absolute atomic E-state index is 13.0. The van der Waals surface area contributed by atoms with Crippen molar-refractivity contribution in [1.82, 2.24) is 5.32 Å². The minimum Gasteiger partial charge on any atom is -0.449 e. The Hall–Kier alpha value is -3.63. The van der Waals surface area contributed by atoms with E-state index in [0.717, 1.165) is 10.9 Å². The van der Waals surface area contributed by atoms with Crippen molar-refractivity contribution in [2.75, 3.05) is 0 Å². The van der Waals surface area contributed by atoms with Gasteiger partial charge in [0.15, 0.2) is 6.10 Å². The molecular weight excluding hydrogens is 408 g/mol. The van der Waals surface area contributed by atoms with E-state index in [1.807, 2.05) is 62.4 Å². The number of hydrogen-bond donors (Lipinski definition) is 1. The number of para-hydroxylation sites is 1. The van der Waals surface area contributed by atoms with Crippen molar-refractivity contribution in [2.45, 2.75) is 45.6 Å². The number of nitrogens with one attached hydrogen (secondary N) is 1. The quantitative estimate of drug-likeness (QED) is 0.391. The van der Waals surface area contributed by atoms with Crippen molar-refractivity contribution in [1.29, 1.82) is 5.26 Å². The zero-order valence-corrected chi connectivity index (χ0v) is 18.3. The zero-order chi connectivity index (χ0) is 23.1. The third-order valence-electron chi connectivity index (χ3n) is 4.80. The highest BCUT2D eigenvalue weighted by Gasteiger charge is 2.33. The number of esters is 1. The van der Waals surface area contributed by atoms with Crippen LogP contribution in [0, 0.1) is 17.2 Å². The molecule has 0 saturated heterocycles. The van der Waals surface area contributed by atoms with Crippen molar-refractivity contribution in [3.63, 3.8) is 0 Å². The van der Waals surface area contributed by atoms with Gasteiger partial charge >= 0.3 is 5.97 Å². The number of fused-ring (bicyclic) bond motifs is 1. The summed E-state index contributed by atoms with van der Waals surface area (Å²) in [6.07, 6.45) is -0.832. The summed E-state index contributed by atoms with van der Waals surface area (Å²) in [7, 11) is 0. The first-order chi connectivity index (χ1) is 15.3. The van der Waals surface area contributed by atoms with E-state index in [0.29, 0.717) is 5.58 Å². The van der Waals surface area contributed by atoms with Crippen LogP contribution in [-0.2, 0) is 20.9 Å². The molecule has 0 saturated carbocycles. The number of nitrogens with zero attached hydrogens (tertiary/aromatic N) is 1. The molecule has 0 radical (unpaired) electrons. The summed E-state index contributed by atoms with van der Waals surface area (Å²) < 4.78 is 16.7. The Morgan fingerprint density at radius 2 is 1.81 bits per heavy atom. The van der Waals surface area contributed by atoms with Gasteiger partial charge in [-0.05, 0) is 37.0 Å². The number of carbonyl (C=O) groups is 2. The maximum Gasteiger partial charge on any atom is 0.375 e. The molecule has 0 bridgehead atoms. The van der Waals surface area contributed by atoms with E-state index in [2.05, 4.69) is 5.32 Å². The fraction of sp³-hybridized carbons (Fsp3) is 0.320. The van der Waals surface area contributed by atoms with Gasteiger partial charge in [0.2, 0.25) is 11.5 Å². The van der Waals surface area contributed by atoms with Crippen LogP contribution >= 0.6 is 0 Å². The molecule has 7 nitrogen and oxygen atoms in total. The average molecular weight is 434 g/mol. The lowest BCUT2D eigenvalue weighted by Gasteiger charge is -2.27. The van der Waals surface area contributed by atoms with Crippen molar-refractivity contribution in [3.05, 3.63) is 72.0 Å². The van der Waals surface area contributed by atoms with Crippen molar-refractivity contribution in [2.24, 2.45) is 5.92 Å². The van der Waals surface area contributed by atoms with Gasteiger partial charge in [0.25, 0.3) is 5.91 Å². The number of carbonyl (C=O) groups excluding carboxylic acids is 2. The zero-order valence-electron chi connectivity index (χ0n) is 18.3. The first kappa shape index (κ1) is 23.0. The molecule has 1 heterocycles. The second-order valence-corrected chi connectivity index (χ2v) is 8.08. The van der Waals surface area contributed by atoms with Crippen LogP contribution in [0.5, 0.6) is 0 Å². The fourth-order valence-corrected chi connectivity index (χ4v) is 3.12. The molecule has 0 aliphatic carbocycles. The molecule has 2 unspecified atom stereocenters. The number of amides is 1. The highest BCUT2D eigenvalue weighted by molar-refractivity contribution is 5.94. The van der Waals surface area contributed by atoms with Crippen LogP contribution in [0.2, 0.25) is 0 Å². The second kappa shape index (κ2) is 10.1. The van der Waals surface area contributed by atoms with Crippen LogP contribution in [0.25, 0.3) is 11.0 Å². The summed E-state index contributed by atoms with van der Waals surface area (Å²) in [5.74, 6) is -1.28. The summed E-state index contributed by atoms with van der Waals surface area (Å²) in [5, 5.41) is 12.9. The monoisotopic (exact) mass is 434 g/mol. The van der Waals surface area contributed by atoms with Crippen molar-refractivity contribution in [3.8, 4) is 6.07 Å². The molecule has 1 aromatic heterocycles. The molecule has 0 aliphatic heterocycles. The average Bonchev–Trinajstić information content (AvgIpc) is 3.22. The Morgan fingerprint density at radius 3 is 2.47 bits per heavy atom. The van der Waals surface area contributed by atoms with E-state index in [1.165, 1.54) is 6.92 Å². The summed E-state index contributed by atoms with van der Waals surface area (Å²) in [6.45, 7) is 5.41. The predicted octanol–water partition coefficient (Wildman–Crippen LogP) is 4.58. The van der Waals surface area contributed by atoms with Gasteiger partial charge < -0.3 is 19.2 Å². The van der Waals surface area contributed by atoms with Crippen LogP contribution in [0.4, 0.5) is 0 Å². The van der Waals surface area contributed by atoms with Gasteiger partial charge in [-0.25, -0.2) is 4.79 Å². The van der Waals surface area contributed by atoms with Gasteiger partial charge in [0.1, 0.15) is 11.7 Å². The molecule has 3 rings (SSSR count). The number of hydrogen-bond acceptors (Lipinski definition) is 6. The van der Waals surface area contributed by atoms with Crippen LogP contribution < -0.4 is 5.32 Å². The highest BCUT2D eigenvalue weighted by atomic mass is 16.6. The molecule has 166 valence electrons. The van der Waals surface area contributed by atoms with Crippen LogP contribution in [0.3, 0.4) is 0 Å². The third kappa shape index (κ3) is 5.96. The normalized spacial score (nSPS) is 13.8. The Labute approximate surface area is 186 Å². The molecule has 1 amide bonds. The van der Waals surface area contributed by atoms with E-state index in [9.17, 15) is 14.9 Å². The first-order valence-corrected chi connectivity index (χ1v) is 10.4. The summed E-state index contributed by atoms with van der Waals surface area (Å²) >= 11 is 0. The molecule has 0 fully saturated rings. The lowest BCUT2D eigenvalue weighted by molar-refractivity contribution is -0.138. The minimum absolute atomic E-state index is 0.0103. The molecule has 32 heavy (non-hydrogen) atoms. The minimum atomic E-state index is -1.59. The first-order valence-electron chi connectivity index (χ1n) is 10.4. The van der Waals surface area contributed by atoms with Gasteiger partial charge in [-0.2, -0.15) is 5.26 Å². The molecule has 7 heteroatoms. The van der Waals surface area contributed by atoms with E-state index in [-0.39, 0.29) is 24.7 Å². The Balaban J connectivity index is 1.70. The van der Waals surface area contributed by atoms with Crippen LogP contribution in [0.1, 0.15) is 43.3 Å². The highest BCUT2D eigenvalue weighted by Crippen LogP contribution is 2.21. The third-order valence-corrected chi connectivity index (χ3v) is 4.80. The molecule has 2 aromatic carbocycles. The van der Waals surface area contributed by atoms with Gasteiger partial charge in [-0.15, -0.1) is 0 Å². The number of ether oxygens (including phenoxy) is 2. The predicted molar refractivity (Wildman–Crippen MR) is 118 cm³/mol. The second-order valence-electron chi connectivity index (χ2n) is 8.08. The van der Waals surface area contributed by atoms with Crippen LogP contribution in [-0.4, -0.2) is 23.7 Å². The SMILES string of the molecule is CC(C)CC(OC(=O)c1cc2ccccc2o1)C(=O)NC(C)(C#N)OCc1ccccc1. The van der Waals surface area contributed by atoms with Gasteiger partial charge in [0, 0.05) is 5.39 Å². The molecule has 1 N–H and O–H groups in total. The lowest BCUT2D eigenvalue weighted by Crippen LogP contribution is -2.51. The number of benzene rings is 2. The maximum atomic E-state index is 13.0. The summed E-state index contributed by atoms with van der Waals surface area (Å²) in [5.41, 5.74) is -0.178. The molecule has 0 spiro atoms. The van der Waals surface area contributed by atoms with E-state index in [1.54, 1.807) is 18.2 Å². The molecule has 3 aromatic rings. The van der Waals surface area contributed by atoms with E-state index in [4.69, 9.17) is 13.9 Å². The van der Waals surface area contributed by atoms with Gasteiger partial charge in [0.05, 0.1) is 6.61 Å². The Kier molecular flexibility index (Phi) is 7.29. The topological polar surface area (TPSA) is 102 Å². The lowest BCUT2D eigenvalue weighted by atomic mass is 10.0. The Bertz CT molecular complexity index is 1080. The fourth-order valence-electron chi connectivity index (χ4n) is 3.12. The molecule has 0 aliphatic rings. The Morgan fingerprint density at radius 1 is 1.12 bits per heavy atom. The van der Waals surface area contributed by atoms with Gasteiger partial charge in [-0.3, -0.25) is 4.79 Å². The van der Waals surface area contributed by atoms with E-state index < -0.39 is 23.7 Å². The smallest absolute Gasteiger partial charge is 0.375 e. The summed E-state index contributed by atoms with van der Waals surface area (Å²) in [6, 6.07) is 20.1. The van der Waals surface area contributed by atoms with Crippen LogP contribution in [0.15, 0.2) is 65.1 Å². The number of nitriles is 1. The largest absolute Gasteiger partial charge is 0.449 e. The molecular formula is C25H26N2O5.